The number of thiazole rings is 1. The van der Waals surface area contributed by atoms with E-state index in [-0.39, 0.29) is 5.56 Å². The maximum absolute atomic E-state index is 12.9. The minimum absolute atomic E-state index is 0.192. The summed E-state index contributed by atoms with van der Waals surface area (Å²) >= 11 is 1.31. The van der Waals surface area contributed by atoms with Crippen LogP contribution in [0.1, 0.15) is 50.1 Å². The van der Waals surface area contributed by atoms with Crippen molar-refractivity contribution in [2.75, 3.05) is 13.2 Å². The lowest BCUT2D eigenvalue weighted by Gasteiger charge is -2.24. The second-order valence-electron chi connectivity index (χ2n) is 7.92. The zero-order valence-electron chi connectivity index (χ0n) is 18.4. The van der Waals surface area contributed by atoms with Gasteiger partial charge in [0.2, 0.25) is 4.96 Å². The molecule has 4 aromatic rings. The molecule has 5 rings (SSSR count). The number of aromatic nitrogens is 3. The van der Waals surface area contributed by atoms with Crippen molar-refractivity contribution in [2.45, 2.75) is 38.7 Å². The summed E-state index contributed by atoms with van der Waals surface area (Å²) in [5.41, 5.74) is 0.734. The first-order chi connectivity index (χ1) is 16.2. The molecule has 3 heterocycles. The highest BCUT2D eigenvalue weighted by Gasteiger charge is 2.27. The number of nitrogens with zero attached hydrogens (tertiary/aromatic N) is 3. The molecule has 0 saturated carbocycles. The topological polar surface area (TPSA) is 74.9 Å². The van der Waals surface area contributed by atoms with Gasteiger partial charge in [0.25, 0.3) is 5.56 Å². The van der Waals surface area contributed by atoms with Crippen molar-refractivity contribution in [3.05, 3.63) is 74.8 Å². The Bertz CT molecular complexity index is 1350. The number of unbranched alkanes of at least 4 members (excludes halogenated alkanes) is 3. The minimum atomic E-state index is -0.451. The van der Waals surface area contributed by atoms with Crippen LogP contribution in [0.25, 0.3) is 11.0 Å². The van der Waals surface area contributed by atoms with Crippen LogP contribution < -0.4 is 24.3 Å². The van der Waals surface area contributed by atoms with Crippen molar-refractivity contribution in [3.63, 3.8) is 0 Å². The summed E-state index contributed by atoms with van der Waals surface area (Å²) in [4.78, 5) is 17.9. The van der Waals surface area contributed by atoms with Gasteiger partial charge in [-0.3, -0.25) is 4.79 Å². The Hall–Kier alpha value is -3.39. The smallest absolute Gasteiger partial charge is 0.291 e. The lowest BCUT2D eigenvalue weighted by molar-refractivity contribution is 0.0852. The van der Waals surface area contributed by atoms with Gasteiger partial charge in [0.1, 0.15) is 12.4 Å². The number of para-hydroxylation sites is 2. The number of benzene rings is 2. The molecule has 0 saturated heterocycles. The highest BCUT2D eigenvalue weighted by atomic mass is 32.1. The second kappa shape index (κ2) is 9.62. The van der Waals surface area contributed by atoms with Gasteiger partial charge in [0.05, 0.1) is 11.1 Å². The van der Waals surface area contributed by atoms with Gasteiger partial charge in [0, 0.05) is 0 Å². The predicted molar refractivity (Wildman–Crippen MR) is 127 cm³/mol. The minimum Gasteiger partial charge on any atom is -0.494 e. The number of ether oxygens (including phenoxy) is 3. The number of hydrogen-bond donors (Lipinski definition) is 0. The van der Waals surface area contributed by atoms with Crippen LogP contribution in [-0.2, 0) is 0 Å². The van der Waals surface area contributed by atoms with Gasteiger partial charge in [-0.15, -0.1) is 5.10 Å². The third-order valence-corrected chi connectivity index (χ3v) is 6.40. The molecule has 1 unspecified atom stereocenters. The fraction of sp³-hybridized carbons (Fsp3) is 0.320. The second-order valence-corrected chi connectivity index (χ2v) is 8.93. The van der Waals surface area contributed by atoms with Gasteiger partial charge in [-0.2, -0.15) is 9.50 Å². The van der Waals surface area contributed by atoms with Crippen LogP contribution in [0, 0.1) is 0 Å². The first-order valence-electron chi connectivity index (χ1n) is 11.2. The first-order valence-corrected chi connectivity index (χ1v) is 12.1. The summed E-state index contributed by atoms with van der Waals surface area (Å²) in [6.45, 7) is 3.23. The van der Waals surface area contributed by atoms with Crippen LogP contribution in [0.4, 0.5) is 0 Å². The molecular weight excluding hydrogens is 438 g/mol. The molecule has 2 aromatic carbocycles. The van der Waals surface area contributed by atoms with Crippen LogP contribution in [-0.4, -0.2) is 27.8 Å². The van der Waals surface area contributed by atoms with Crippen molar-refractivity contribution >= 4 is 22.4 Å². The fourth-order valence-corrected chi connectivity index (χ4v) is 4.58. The molecule has 33 heavy (non-hydrogen) atoms. The Labute approximate surface area is 195 Å². The van der Waals surface area contributed by atoms with Crippen LogP contribution in [0.2, 0.25) is 0 Å². The van der Waals surface area contributed by atoms with Crippen LogP contribution in [0.15, 0.2) is 53.3 Å². The highest BCUT2D eigenvalue weighted by molar-refractivity contribution is 7.15. The molecule has 0 bridgehead atoms. The molecule has 0 radical (unpaired) electrons. The first kappa shape index (κ1) is 21.5. The van der Waals surface area contributed by atoms with Crippen molar-refractivity contribution in [1.82, 2.24) is 14.6 Å². The molecule has 1 atom stereocenters. The van der Waals surface area contributed by atoms with Crippen molar-refractivity contribution in [2.24, 2.45) is 0 Å². The summed E-state index contributed by atoms with van der Waals surface area (Å²) in [5, 5.41) is 4.40. The monoisotopic (exact) mass is 463 g/mol. The normalized spacial score (nSPS) is 15.8. The van der Waals surface area contributed by atoms with E-state index in [2.05, 4.69) is 17.0 Å². The molecule has 1 aliphatic rings. The maximum atomic E-state index is 12.9. The SMILES string of the molecule is CCCCCCOc1ccc(C=c2sc3nc(C4COc5ccccc5O4)nn3c2=O)cc1. The number of fused-ring (bicyclic) bond motifs is 2. The standard InChI is InChI=1S/C25H25N3O4S/c1-2-3-4-7-14-30-18-12-10-17(11-13-18)15-22-24(29)28-25(33-22)26-23(27-28)21-16-31-19-8-5-6-9-20(19)32-21/h5-6,8-13,15,21H,2-4,7,14,16H2,1H3. The van der Waals surface area contributed by atoms with E-state index in [9.17, 15) is 4.79 Å². The Morgan fingerprint density at radius 3 is 2.73 bits per heavy atom. The lowest BCUT2D eigenvalue weighted by atomic mass is 10.2. The van der Waals surface area contributed by atoms with E-state index >= 15 is 0 Å². The van der Waals surface area contributed by atoms with Gasteiger partial charge < -0.3 is 14.2 Å². The van der Waals surface area contributed by atoms with Crippen LogP contribution in [0.5, 0.6) is 17.2 Å². The van der Waals surface area contributed by atoms with Crippen molar-refractivity contribution in [3.8, 4) is 17.2 Å². The molecule has 1 aliphatic heterocycles. The van der Waals surface area contributed by atoms with E-state index in [1.54, 1.807) is 0 Å². The molecule has 170 valence electrons. The van der Waals surface area contributed by atoms with Crippen LogP contribution in [0.3, 0.4) is 0 Å². The highest BCUT2D eigenvalue weighted by Crippen LogP contribution is 2.35. The van der Waals surface area contributed by atoms with Gasteiger partial charge in [-0.25, -0.2) is 0 Å². The summed E-state index contributed by atoms with van der Waals surface area (Å²) in [5.74, 6) is 2.63. The Balaban J connectivity index is 1.29. The molecule has 0 amide bonds. The van der Waals surface area contributed by atoms with E-state index in [1.807, 2.05) is 54.6 Å². The summed E-state index contributed by atoms with van der Waals surface area (Å²) < 4.78 is 19.4. The zero-order chi connectivity index (χ0) is 22.6. The Morgan fingerprint density at radius 2 is 1.94 bits per heavy atom. The molecule has 0 N–H and O–H groups in total. The van der Waals surface area contributed by atoms with Gasteiger partial charge in [-0.1, -0.05) is 61.8 Å². The summed E-state index contributed by atoms with van der Waals surface area (Å²) in [7, 11) is 0. The quantitative estimate of drug-likeness (QED) is 0.365. The fourth-order valence-electron chi connectivity index (χ4n) is 3.66. The molecular formula is C25H25N3O4S. The molecule has 2 aromatic heterocycles. The lowest BCUT2D eigenvalue weighted by Crippen LogP contribution is -2.26. The Morgan fingerprint density at radius 1 is 1.12 bits per heavy atom. The van der Waals surface area contributed by atoms with E-state index in [0.717, 1.165) is 24.3 Å². The number of rotatable bonds is 8. The molecule has 8 heteroatoms. The van der Waals surface area contributed by atoms with Gasteiger partial charge in [-0.05, 0) is 42.3 Å². The zero-order valence-corrected chi connectivity index (χ0v) is 19.2. The van der Waals surface area contributed by atoms with Crippen molar-refractivity contribution in [1.29, 1.82) is 0 Å². The maximum Gasteiger partial charge on any atom is 0.291 e. The third kappa shape index (κ3) is 4.71. The van der Waals surface area contributed by atoms with E-state index in [0.29, 0.717) is 33.4 Å². The van der Waals surface area contributed by atoms with E-state index in [4.69, 9.17) is 14.2 Å². The van der Waals surface area contributed by atoms with Crippen molar-refractivity contribution < 1.29 is 14.2 Å². The summed E-state index contributed by atoms with van der Waals surface area (Å²) in [6.07, 6.45) is 6.12. The molecule has 0 fully saturated rings. The van der Waals surface area contributed by atoms with Gasteiger partial charge >= 0.3 is 0 Å². The number of hydrogen-bond acceptors (Lipinski definition) is 7. The average Bonchev–Trinajstić information content (AvgIpc) is 3.39. The molecule has 7 nitrogen and oxygen atoms in total. The molecule has 0 spiro atoms. The summed E-state index contributed by atoms with van der Waals surface area (Å²) in [6, 6.07) is 15.2. The van der Waals surface area contributed by atoms with E-state index in [1.165, 1.54) is 35.1 Å². The van der Waals surface area contributed by atoms with E-state index < -0.39 is 6.10 Å². The Kier molecular flexibility index (Phi) is 6.26. The van der Waals surface area contributed by atoms with Gasteiger partial charge in [0.15, 0.2) is 23.4 Å². The molecule has 0 aliphatic carbocycles. The largest absolute Gasteiger partial charge is 0.494 e. The average molecular weight is 464 g/mol. The third-order valence-electron chi connectivity index (χ3n) is 5.44. The predicted octanol–water partition coefficient (Wildman–Crippen LogP) is 4.17. The van der Waals surface area contributed by atoms with Crippen LogP contribution >= 0.6 is 11.3 Å².